The summed E-state index contributed by atoms with van der Waals surface area (Å²) in [5.74, 6) is -2.35. The molecule has 17 aromatic heterocycles. The van der Waals surface area contributed by atoms with E-state index in [0.717, 1.165) is 90.1 Å². The number of piperazine rings is 1. The number of ketones is 2. The number of carbonyl (C=O) groups excluding carboxylic acids is 5. The SMILES string of the molecule is C.C.CC(=O)c1ccn2ccnc2c1.CCOC.COC(=O)CC(=O)c1ccn2ccnc2c1.COC(=O)OC.CON(C)C(=O)c1ccn2ccnc2c1.Cc1ccc(S(=O)(=O)O)cc1.Nc1ccc(F)cn1.O=C(O)c1ccn2ccnc2c1.O=c1cc(-c2ccn3ccnc3c2)nc2ccc(F)cn12.O=c1cc(-c2ccn3ccnc3c2)nc2ccc(N3CCNCC3)cn12.[Br-].[CH3-].[H-].[Mg+2].[Na+]. The number of ether oxygens (including phenoxy) is 4. The Morgan fingerprint density at radius 3 is 1.31 bits per heavy atom. The Hall–Kier alpha value is -14.3. The molecule has 0 spiro atoms. The van der Waals surface area contributed by atoms with Crippen molar-refractivity contribution in [3.63, 3.8) is 0 Å². The third-order valence-electron chi connectivity index (χ3n) is 18.7. The van der Waals surface area contributed by atoms with E-state index in [0.29, 0.717) is 56.5 Å². The number of nitrogens with two attached hydrogens (primary N) is 1. The van der Waals surface area contributed by atoms with Gasteiger partial charge in [-0.1, -0.05) is 32.5 Å². The monoisotopic (exact) mass is 1980 g/mol. The molecule has 38 nitrogen and oxygen atoms in total. The van der Waals surface area contributed by atoms with E-state index in [9.17, 15) is 55.6 Å². The number of nitrogens with zero attached hydrogens (tertiary/aromatic N) is 19. The average Bonchev–Trinajstić information content (AvgIpc) is 0.990. The van der Waals surface area contributed by atoms with E-state index in [1.807, 2.05) is 117 Å². The number of amides is 1. The second-order valence-corrected chi connectivity index (χ2v) is 28.9. The van der Waals surface area contributed by atoms with Crippen molar-refractivity contribution >= 4 is 125 Å². The molecule has 1 aliphatic heterocycles. The summed E-state index contributed by atoms with van der Waals surface area (Å²) in [6, 6.07) is 39.3. The number of aromatic carboxylic acids is 1. The number of anilines is 2. The Kier molecular flexibility index (Phi) is 47.2. The van der Waals surface area contributed by atoms with Crippen molar-refractivity contribution < 1.29 is 127 Å². The fourth-order valence-electron chi connectivity index (χ4n) is 11.8. The fourth-order valence-corrected chi connectivity index (χ4v) is 12.2. The van der Waals surface area contributed by atoms with E-state index in [-0.39, 0.29) is 145 Å². The second kappa shape index (κ2) is 56.2. The molecule has 18 aromatic rings. The topological polar surface area (TPSA) is 453 Å². The van der Waals surface area contributed by atoms with Gasteiger partial charge in [0.05, 0.1) is 62.2 Å². The maximum Gasteiger partial charge on any atom is 2.00 e. The summed E-state index contributed by atoms with van der Waals surface area (Å²) in [5.41, 5.74) is 17.1. The molecule has 1 fully saturated rings. The van der Waals surface area contributed by atoms with Crippen LogP contribution in [0.15, 0.2) is 290 Å². The number of nitrogen functional groups attached to an aromatic ring is 1. The Bertz CT molecular complexity index is 7140. The molecule has 0 unspecified atom stereocenters. The van der Waals surface area contributed by atoms with Gasteiger partial charge in [0.1, 0.15) is 69.1 Å². The van der Waals surface area contributed by atoms with E-state index in [1.54, 1.807) is 157 Å². The smallest absolute Gasteiger partial charge is 1.00 e. The summed E-state index contributed by atoms with van der Waals surface area (Å²) in [7, 11) is 4.45. The van der Waals surface area contributed by atoms with Crippen molar-refractivity contribution in [1.82, 2.24) is 90.4 Å². The first kappa shape index (κ1) is 115. The number of nitrogens with one attached hydrogen (secondary N) is 1. The molecule has 18 heterocycles. The van der Waals surface area contributed by atoms with Crippen LogP contribution in [0.3, 0.4) is 0 Å². The number of Topliss-reactive ketones (excluding diaryl/α,β-unsaturated/α-hetero) is 2. The zero-order valence-corrected chi connectivity index (χ0v) is 80.9. The molecular formula is C93H101BrF2MgN21NaO17S. The number of fused-ring (bicyclic) bond motifs is 8. The number of hydrogen-bond acceptors (Lipinski definition) is 27. The number of methoxy groups -OCH3 is 4. The number of imidazole rings is 6. The molecule has 5 N–H and O–H groups in total. The zero-order valence-electron chi connectivity index (χ0n) is 76.1. The predicted octanol–water partition coefficient (Wildman–Crippen LogP) is 6.74. The molecule has 1 aliphatic rings. The Morgan fingerprint density at radius 1 is 0.518 bits per heavy atom. The fraction of sp³-hybridized carbons (Fsp3) is 0.183. The van der Waals surface area contributed by atoms with Gasteiger partial charge in [-0.25, -0.2) is 68.3 Å². The summed E-state index contributed by atoms with van der Waals surface area (Å²) in [6.45, 7) is 9.97. The molecule has 0 saturated carbocycles. The molecule has 19 rings (SSSR count). The molecule has 44 heteroatoms. The molecule has 0 bridgehead atoms. The molecular weight excluding hydrogens is 1880 g/mol. The van der Waals surface area contributed by atoms with Crippen LogP contribution in [0.5, 0.6) is 0 Å². The summed E-state index contributed by atoms with van der Waals surface area (Å²) in [4.78, 5) is 135. The second-order valence-electron chi connectivity index (χ2n) is 27.5. The molecule has 710 valence electrons. The molecule has 0 atom stereocenters. The maximum absolute atomic E-state index is 13.2. The third kappa shape index (κ3) is 33.4. The number of rotatable bonds is 12. The van der Waals surface area contributed by atoms with Crippen molar-refractivity contribution in [2.24, 2.45) is 0 Å². The van der Waals surface area contributed by atoms with E-state index in [2.05, 4.69) is 74.0 Å². The first-order chi connectivity index (χ1) is 63.0. The normalized spacial score (nSPS) is 10.7. The van der Waals surface area contributed by atoms with Gasteiger partial charge >= 0.3 is 70.7 Å². The minimum Gasteiger partial charge on any atom is -1.00 e. The number of carbonyl (C=O) groups is 6. The first-order valence-electron chi connectivity index (χ1n) is 39.4. The number of esters is 1. The minimum atomic E-state index is -4.02. The first-order valence-corrected chi connectivity index (χ1v) is 40.8. The van der Waals surface area contributed by atoms with Crippen LogP contribution in [0, 0.1) is 26.0 Å². The molecule has 1 saturated heterocycles. The molecule has 0 radical (unpaired) electrons. The van der Waals surface area contributed by atoms with Crippen molar-refractivity contribution in [2.75, 3.05) is 86.0 Å². The average molecular weight is 1980 g/mol. The molecule has 137 heavy (non-hydrogen) atoms. The van der Waals surface area contributed by atoms with Gasteiger partial charge in [0, 0.05) is 211 Å². The van der Waals surface area contributed by atoms with Crippen LogP contribution in [0.1, 0.15) is 83.5 Å². The van der Waals surface area contributed by atoms with Crippen LogP contribution < -0.4 is 73.6 Å². The number of aryl methyl sites for hydroxylation is 1. The number of aromatic nitrogens is 17. The Balaban J connectivity index is 0.000000405. The van der Waals surface area contributed by atoms with E-state index < -0.39 is 34.0 Å². The summed E-state index contributed by atoms with van der Waals surface area (Å²) >= 11 is 0. The van der Waals surface area contributed by atoms with Gasteiger partial charge in [-0.15, -0.1) is 0 Å². The van der Waals surface area contributed by atoms with E-state index in [1.165, 1.54) is 92.5 Å². The zero-order chi connectivity index (χ0) is 94.3. The number of carboxylic acids is 1. The van der Waals surface area contributed by atoms with Gasteiger partial charge in [0.25, 0.3) is 27.1 Å². The van der Waals surface area contributed by atoms with Crippen molar-refractivity contribution in [3.8, 4) is 22.5 Å². The molecule has 1 amide bonds. The van der Waals surface area contributed by atoms with E-state index >= 15 is 0 Å². The Labute approximate surface area is 835 Å². The van der Waals surface area contributed by atoms with Gasteiger partial charge in [0.15, 0.2) is 11.6 Å². The van der Waals surface area contributed by atoms with Crippen molar-refractivity contribution in [2.45, 2.75) is 46.9 Å². The summed E-state index contributed by atoms with van der Waals surface area (Å²) < 4.78 is 85.6. The van der Waals surface area contributed by atoms with E-state index in [4.69, 9.17) is 20.2 Å². The Morgan fingerprint density at radius 2 is 0.912 bits per heavy atom. The number of pyridine rings is 9. The van der Waals surface area contributed by atoms with Gasteiger partial charge in [-0.3, -0.25) is 47.0 Å². The van der Waals surface area contributed by atoms with Crippen LogP contribution in [0.2, 0.25) is 0 Å². The largest absolute Gasteiger partial charge is 2.00 e. The van der Waals surface area contributed by atoms with Crippen molar-refractivity contribution in [3.05, 3.63) is 343 Å². The number of benzene rings is 1. The van der Waals surface area contributed by atoms with Crippen LogP contribution >= 0.6 is 0 Å². The number of carboxylic acid groups (broad SMARTS) is 1. The standard InChI is InChI=1S/C19H18N6O.C15H9FN4O.C11H10N2O3.C10H11N3O2.C9H8N2O.C8H6N2O2.C7H8O3S.C5H5FN2.C3H6O3.C3H8O.2CH4.CH3.BrH.Mg.Na.H/c26-19-12-16(14-3-7-24-10-6-21-18(24)11-14)22-17-2-1-15(13-25(17)19)23-8-4-20-5-9-23;16-11-1-2-13-18-12(8-15(21)20(13)9-11)10-3-5-19-6-4-17-14(19)7-10;1-16-11(15)7-9(14)8-2-4-13-5-3-12-10(13)6-8;1-12(15-2)10(14)8-3-5-13-6-4-11-9(13)7-8;1-7(12)8-2-4-11-5-3-10-9(11)6-8;11-8(12)6-1-3-10-4-2-9-7(10)5-6;1-6-2-4-7(5-3-6)11(8,9)10;6-4-1-2-5(7)8-3-4;1-5-3(4)6-2;1-3-4-2;;;;;;;/h1-3,6-7,10-13,20H,4-5,8-9H2;1-9H;2-6H,7H2,1H3;3-7H,1-2H3;2-6H,1H3;1-5H,(H,11,12);2-5H,1H3,(H,8,9,10);1-3H,(H2,7,8);1-2H3;3H2,1-2H3;2*1H4;1H3;1H;;;/q;;;;;;;;;;;;-1;;+2;+1;-1/p-1. The number of hydrogen-bond donors (Lipinski definition) is 4. The maximum atomic E-state index is 13.2. The van der Waals surface area contributed by atoms with Crippen molar-refractivity contribution in [1.29, 1.82) is 0 Å². The number of halogens is 3. The van der Waals surface area contributed by atoms with Crippen LogP contribution in [0.25, 0.3) is 67.7 Å². The van der Waals surface area contributed by atoms with Crippen LogP contribution in [0.4, 0.5) is 25.1 Å². The van der Waals surface area contributed by atoms with Crippen LogP contribution in [-0.4, -0.2) is 237 Å². The van der Waals surface area contributed by atoms with Crippen LogP contribution in [-0.2, 0) is 38.7 Å². The predicted molar refractivity (Wildman–Crippen MR) is 507 cm³/mol. The summed E-state index contributed by atoms with van der Waals surface area (Å²) in [6.07, 6.45) is 35.1. The number of hydroxylamine groups is 2. The molecule has 1 aromatic carbocycles. The van der Waals surface area contributed by atoms with Gasteiger partial charge in [-0.05, 0) is 142 Å². The summed E-state index contributed by atoms with van der Waals surface area (Å²) in [5, 5.41) is 13.2. The van der Waals surface area contributed by atoms with Gasteiger partial charge < -0.3 is 92.2 Å². The molecule has 0 aliphatic carbocycles. The van der Waals surface area contributed by atoms with Gasteiger partial charge in [0.2, 0.25) is 0 Å². The quantitative estimate of drug-likeness (QED) is 0.0187. The third-order valence-corrected chi connectivity index (χ3v) is 19.6. The van der Waals surface area contributed by atoms with Gasteiger partial charge in [-0.2, -0.15) is 8.42 Å². The minimum absolute atomic E-state index is 0.